The first kappa shape index (κ1) is 19.4. The number of nitrogens with zero attached hydrogens (tertiary/aromatic N) is 1. The molecule has 1 N–H and O–H groups in total. The molecule has 0 saturated heterocycles. The normalized spacial score (nSPS) is 10.9. The van der Waals surface area contributed by atoms with Crippen molar-refractivity contribution in [3.05, 3.63) is 59.9 Å². The molecule has 0 spiro atoms. The monoisotopic (exact) mass is 362 g/mol. The van der Waals surface area contributed by atoms with E-state index >= 15 is 0 Å². The topological polar surface area (TPSA) is 60.5 Å². The molecule has 2 rings (SSSR count). The number of alkyl halides is 2. The highest BCUT2D eigenvalue weighted by molar-refractivity contribution is 5.91. The number of carbonyl (C=O) groups excluding carboxylic acids is 1. The van der Waals surface area contributed by atoms with Crippen LogP contribution in [-0.4, -0.2) is 30.7 Å². The van der Waals surface area contributed by atoms with Crippen LogP contribution < -0.4 is 14.8 Å². The molecule has 2 aromatic rings. The summed E-state index contributed by atoms with van der Waals surface area (Å²) in [5, 5.41) is 2.76. The summed E-state index contributed by atoms with van der Waals surface area (Å²) in [5.74, 6) is -0.101. The van der Waals surface area contributed by atoms with Crippen LogP contribution in [0.2, 0.25) is 0 Å². The fourth-order valence-corrected chi connectivity index (χ4v) is 2.18. The van der Waals surface area contributed by atoms with Gasteiger partial charge in [-0.3, -0.25) is 9.78 Å². The Labute approximate surface area is 150 Å². The third kappa shape index (κ3) is 6.51. The number of aromatic nitrogens is 1. The Balaban J connectivity index is 1.91. The number of nitrogens with one attached hydrogen (secondary N) is 1. The van der Waals surface area contributed by atoms with E-state index in [0.29, 0.717) is 25.1 Å². The summed E-state index contributed by atoms with van der Waals surface area (Å²) >= 11 is 0. The molecule has 138 valence electrons. The van der Waals surface area contributed by atoms with Crippen molar-refractivity contribution < 1.29 is 23.0 Å². The van der Waals surface area contributed by atoms with Gasteiger partial charge in [-0.15, -0.1) is 0 Å². The van der Waals surface area contributed by atoms with Crippen LogP contribution in [0.3, 0.4) is 0 Å². The fourth-order valence-electron chi connectivity index (χ4n) is 2.18. The molecule has 5 nitrogen and oxygen atoms in total. The zero-order valence-electron chi connectivity index (χ0n) is 14.3. The highest BCUT2D eigenvalue weighted by Crippen LogP contribution is 2.30. The number of ether oxygens (including phenoxy) is 2. The lowest BCUT2D eigenvalue weighted by Crippen LogP contribution is -2.23. The predicted molar refractivity (Wildman–Crippen MR) is 94.2 cm³/mol. The molecule has 0 aliphatic carbocycles. The first-order chi connectivity index (χ1) is 12.6. The Morgan fingerprint density at radius 1 is 1.27 bits per heavy atom. The second-order valence-corrected chi connectivity index (χ2v) is 5.21. The number of hydrogen-bond donors (Lipinski definition) is 1. The molecule has 1 amide bonds. The summed E-state index contributed by atoms with van der Waals surface area (Å²) < 4.78 is 34.5. The van der Waals surface area contributed by atoms with Crippen molar-refractivity contribution in [1.29, 1.82) is 0 Å². The molecule has 0 unspecified atom stereocenters. The van der Waals surface area contributed by atoms with Crippen LogP contribution in [0.25, 0.3) is 6.08 Å². The molecule has 0 fully saturated rings. The molecule has 1 aromatic heterocycles. The molecule has 7 heteroatoms. The van der Waals surface area contributed by atoms with E-state index in [9.17, 15) is 13.6 Å². The van der Waals surface area contributed by atoms with Crippen LogP contribution in [0, 0.1) is 0 Å². The van der Waals surface area contributed by atoms with Gasteiger partial charge in [-0.1, -0.05) is 12.1 Å². The van der Waals surface area contributed by atoms with Crippen molar-refractivity contribution in [1.82, 2.24) is 10.3 Å². The Morgan fingerprint density at radius 2 is 2.12 bits per heavy atom. The molecule has 1 aromatic carbocycles. The van der Waals surface area contributed by atoms with Crippen LogP contribution in [0.5, 0.6) is 11.5 Å². The number of pyridine rings is 1. The van der Waals surface area contributed by atoms with Crippen LogP contribution >= 0.6 is 0 Å². The molecule has 1 heterocycles. The smallest absolute Gasteiger partial charge is 0.387 e. The third-order valence-corrected chi connectivity index (χ3v) is 3.32. The van der Waals surface area contributed by atoms with Gasteiger partial charge in [0.05, 0.1) is 6.61 Å². The van der Waals surface area contributed by atoms with Gasteiger partial charge in [-0.25, -0.2) is 0 Å². The fraction of sp³-hybridized carbons (Fsp3) is 0.263. The minimum Gasteiger partial charge on any atom is -0.490 e. The summed E-state index contributed by atoms with van der Waals surface area (Å²) in [7, 11) is 0. The van der Waals surface area contributed by atoms with E-state index < -0.39 is 6.61 Å². The van der Waals surface area contributed by atoms with Crippen molar-refractivity contribution in [3.63, 3.8) is 0 Å². The maximum Gasteiger partial charge on any atom is 0.387 e. The van der Waals surface area contributed by atoms with E-state index in [-0.39, 0.29) is 17.4 Å². The van der Waals surface area contributed by atoms with Crippen LogP contribution in [0.15, 0.2) is 48.7 Å². The first-order valence-electron chi connectivity index (χ1n) is 8.16. The quantitative estimate of drug-likeness (QED) is 0.694. The van der Waals surface area contributed by atoms with Gasteiger partial charge in [0.2, 0.25) is 5.91 Å². The lowest BCUT2D eigenvalue weighted by molar-refractivity contribution is -0.116. The molecule has 0 aliphatic rings. The summed E-state index contributed by atoms with van der Waals surface area (Å²) in [5.41, 5.74) is 1.53. The van der Waals surface area contributed by atoms with E-state index in [1.807, 2.05) is 18.2 Å². The molecular formula is C19H20F2N2O3. The van der Waals surface area contributed by atoms with Crippen LogP contribution in [-0.2, 0) is 11.2 Å². The van der Waals surface area contributed by atoms with Crippen LogP contribution in [0.1, 0.15) is 18.2 Å². The van der Waals surface area contributed by atoms with E-state index in [2.05, 4.69) is 15.0 Å². The molecule has 0 saturated carbocycles. The van der Waals surface area contributed by atoms with Crippen molar-refractivity contribution in [3.8, 4) is 11.5 Å². The highest BCUT2D eigenvalue weighted by Gasteiger charge is 2.11. The van der Waals surface area contributed by atoms with Gasteiger partial charge >= 0.3 is 6.61 Å². The third-order valence-electron chi connectivity index (χ3n) is 3.32. The van der Waals surface area contributed by atoms with Crippen LogP contribution in [0.4, 0.5) is 8.78 Å². The first-order valence-corrected chi connectivity index (χ1v) is 8.16. The van der Waals surface area contributed by atoms with Gasteiger partial charge in [0, 0.05) is 30.9 Å². The predicted octanol–water partition coefficient (Wildman–Crippen LogP) is 3.45. The number of hydrogen-bond acceptors (Lipinski definition) is 4. The molecule has 0 atom stereocenters. The maximum atomic E-state index is 12.4. The Kier molecular flexibility index (Phi) is 7.54. The largest absolute Gasteiger partial charge is 0.490 e. The lowest BCUT2D eigenvalue weighted by Gasteiger charge is -2.11. The van der Waals surface area contributed by atoms with E-state index in [4.69, 9.17) is 4.74 Å². The summed E-state index contributed by atoms with van der Waals surface area (Å²) in [6, 6.07) is 10.1. The zero-order chi connectivity index (χ0) is 18.8. The molecular weight excluding hydrogens is 342 g/mol. The van der Waals surface area contributed by atoms with Gasteiger partial charge < -0.3 is 14.8 Å². The average molecular weight is 362 g/mol. The van der Waals surface area contributed by atoms with Gasteiger partial charge in [0.15, 0.2) is 11.5 Å². The summed E-state index contributed by atoms with van der Waals surface area (Å²) in [6.45, 7) is -0.420. The summed E-state index contributed by atoms with van der Waals surface area (Å²) in [4.78, 5) is 16.0. The molecule has 0 aliphatic heterocycles. The van der Waals surface area contributed by atoms with Gasteiger partial charge in [0.1, 0.15) is 0 Å². The molecule has 26 heavy (non-hydrogen) atoms. The minimum absolute atomic E-state index is 0.0428. The minimum atomic E-state index is -2.93. The average Bonchev–Trinajstić information content (AvgIpc) is 2.62. The number of halogens is 2. The highest BCUT2D eigenvalue weighted by atomic mass is 19.3. The van der Waals surface area contributed by atoms with Crippen molar-refractivity contribution in [2.45, 2.75) is 20.0 Å². The van der Waals surface area contributed by atoms with E-state index in [0.717, 1.165) is 5.69 Å². The second-order valence-electron chi connectivity index (χ2n) is 5.21. The Morgan fingerprint density at radius 3 is 2.81 bits per heavy atom. The van der Waals surface area contributed by atoms with Gasteiger partial charge in [0.25, 0.3) is 0 Å². The van der Waals surface area contributed by atoms with E-state index in [1.54, 1.807) is 31.3 Å². The lowest BCUT2D eigenvalue weighted by atomic mass is 10.2. The van der Waals surface area contributed by atoms with Gasteiger partial charge in [-0.2, -0.15) is 8.78 Å². The van der Waals surface area contributed by atoms with Crippen molar-refractivity contribution >= 4 is 12.0 Å². The van der Waals surface area contributed by atoms with Gasteiger partial charge in [-0.05, 0) is 42.8 Å². The molecule has 0 radical (unpaired) electrons. The Hall–Kier alpha value is -2.96. The molecule has 0 bridgehead atoms. The van der Waals surface area contributed by atoms with Crippen molar-refractivity contribution in [2.24, 2.45) is 0 Å². The maximum absolute atomic E-state index is 12.4. The summed E-state index contributed by atoms with van der Waals surface area (Å²) in [6.07, 6.45) is 5.28. The van der Waals surface area contributed by atoms with E-state index in [1.165, 1.54) is 12.1 Å². The van der Waals surface area contributed by atoms with Crippen molar-refractivity contribution in [2.75, 3.05) is 13.2 Å². The number of carbonyl (C=O) groups is 1. The zero-order valence-corrected chi connectivity index (χ0v) is 14.3. The number of benzene rings is 1. The standard InChI is InChI=1S/C19H20F2N2O3/c1-2-25-17-13-14(6-8-16(17)26-19(20)21)7-9-18(24)23-12-10-15-5-3-4-11-22-15/h3-9,11,13,19H,2,10,12H2,1H3,(H,23,24)/b9-7+. The Bertz CT molecular complexity index is 737. The second kappa shape index (κ2) is 10.1. The SMILES string of the molecule is CCOc1cc(/C=C/C(=O)NCCc2ccccn2)ccc1OC(F)F. The number of amides is 1. The number of rotatable bonds is 9.